The molecule has 0 aromatic rings. The van der Waals surface area contributed by atoms with E-state index in [0.717, 1.165) is 0 Å². The first-order chi connectivity index (χ1) is 17.7. The Kier molecular flexibility index (Phi) is 14.1. The molecule has 18 heteroatoms. The molecule has 1 aliphatic rings. The first-order valence-electron chi connectivity index (χ1n) is 11.7. The molecule has 0 bridgehead atoms. The quantitative estimate of drug-likeness (QED) is 0.122. The van der Waals surface area contributed by atoms with Crippen LogP contribution in [0.15, 0.2) is 0 Å². The second-order valence-electron chi connectivity index (χ2n) is 8.77. The first kappa shape index (κ1) is 33.1. The lowest BCUT2D eigenvalue weighted by molar-refractivity contribution is -0.140. The van der Waals surface area contributed by atoms with Gasteiger partial charge in [0.05, 0.1) is 26.2 Å². The fourth-order valence-electron chi connectivity index (χ4n) is 3.80. The molecule has 38 heavy (non-hydrogen) atoms. The van der Waals surface area contributed by atoms with Gasteiger partial charge >= 0.3 is 17.9 Å². The summed E-state index contributed by atoms with van der Waals surface area (Å²) in [6.45, 7) is 0.181. The maximum absolute atomic E-state index is 12.7. The summed E-state index contributed by atoms with van der Waals surface area (Å²) in [7, 11) is -3.36. The van der Waals surface area contributed by atoms with Gasteiger partial charge in [0.1, 0.15) is 11.8 Å². The summed E-state index contributed by atoms with van der Waals surface area (Å²) < 4.78 is 31.6. The molecule has 0 unspecified atom stereocenters. The fraction of sp³-hybridized carbons (Fsp3) is 0.750. The van der Waals surface area contributed by atoms with Crippen LogP contribution in [0, 0.1) is 0 Å². The zero-order chi connectivity index (χ0) is 28.9. The molecular formula is C20H36N6O11S. The third kappa shape index (κ3) is 14.7. The number of carboxylic acid groups (broad SMARTS) is 3. The molecule has 1 aliphatic heterocycles. The molecular weight excluding hydrogens is 532 g/mol. The number of amides is 2. The maximum Gasteiger partial charge on any atom is 0.317 e. The van der Waals surface area contributed by atoms with E-state index >= 15 is 0 Å². The molecule has 1 heterocycles. The Morgan fingerprint density at radius 1 is 0.684 bits per heavy atom. The zero-order valence-electron chi connectivity index (χ0n) is 21.1. The standard InChI is InChI=1S/C20H36N6O11S/c1-21-20(34)15(14-38(35,36)37)22-16(27)10-23-2-4-24(11-17(28)29)6-8-26(13-19(32)33)9-7-25(5-3-23)12-18(30)31/h15H,2-14H2,1H3,(H,21,34)(H,22,27)(H,28,29)(H,30,31)(H,32,33)(H,35,36,37)/t15-/m1/s1. The van der Waals surface area contributed by atoms with Gasteiger partial charge in [0.15, 0.2) is 0 Å². The minimum Gasteiger partial charge on any atom is -0.480 e. The van der Waals surface area contributed by atoms with E-state index in [9.17, 15) is 47.7 Å². The summed E-state index contributed by atoms with van der Waals surface area (Å²) in [6, 6.07) is -1.55. The maximum atomic E-state index is 12.7. The summed E-state index contributed by atoms with van der Waals surface area (Å²) in [4.78, 5) is 64.9. The van der Waals surface area contributed by atoms with Crippen LogP contribution in [0.5, 0.6) is 0 Å². The van der Waals surface area contributed by atoms with Gasteiger partial charge in [-0.25, -0.2) is 0 Å². The van der Waals surface area contributed by atoms with Crippen molar-refractivity contribution >= 4 is 39.8 Å². The highest BCUT2D eigenvalue weighted by atomic mass is 32.2. The van der Waals surface area contributed by atoms with Gasteiger partial charge in [0.25, 0.3) is 10.1 Å². The summed E-state index contributed by atoms with van der Waals surface area (Å²) in [5.74, 6) is -5.89. The van der Waals surface area contributed by atoms with Crippen LogP contribution in [0.2, 0.25) is 0 Å². The number of carbonyl (C=O) groups is 5. The van der Waals surface area contributed by atoms with Crippen LogP contribution in [-0.2, 0) is 34.1 Å². The monoisotopic (exact) mass is 568 g/mol. The highest BCUT2D eigenvalue weighted by molar-refractivity contribution is 7.85. The van der Waals surface area contributed by atoms with E-state index in [1.807, 2.05) is 0 Å². The van der Waals surface area contributed by atoms with Gasteiger partial charge < -0.3 is 26.0 Å². The lowest BCUT2D eigenvalue weighted by Gasteiger charge is -2.33. The highest BCUT2D eigenvalue weighted by Crippen LogP contribution is 2.02. The average Bonchev–Trinajstić information content (AvgIpc) is 2.77. The summed E-state index contributed by atoms with van der Waals surface area (Å²) in [5.41, 5.74) is 0. The average molecular weight is 569 g/mol. The molecule has 0 aromatic carbocycles. The van der Waals surface area contributed by atoms with Crippen molar-refractivity contribution in [2.45, 2.75) is 6.04 Å². The van der Waals surface area contributed by atoms with Crippen LogP contribution in [-0.4, -0.2) is 175 Å². The molecule has 0 saturated carbocycles. The van der Waals surface area contributed by atoms with Crippen molar-refractivity contribution in [2.75, 3.05) is 91.3 Å². The SMILES string of the molecule is CNC(=O)[C@@H](CS(=O)(=O)O)NC(=O)CN1CCN(CC(=O)O)CCN(CC(=O)O)CCN(CC(=O)O)CC1. The fourth-order valence-corrected chi connectivity index (χ4v) is 4.45. The van der Waals surface area contributed by atoms with Crippen molar-refractivity contribution in [2.24, 2.45) is 0 Å². The van der Waals surface area contributed by atoms with Gasteiger partial charge in [0, 0.05) is 59.4 Å². The Hall–Kier alpha value is -2.90. The van der Waals surface area contributed by atoms with Crippen LogP contribution >= 0.6 is 0 Å². The molecule has 0 aromatic heterocycles. The minimum atomic E-state index is -4.59. The van der Waals surface area contributed by atoms with E-state index in [4.69, 9.17) is 4.55 Å². The van der Waals surface area contributed by atoms with Crippen LogP contribution < -0.4 is 10.6 Å². The number of hydrogen-bond donors (Lipinski definition) is 6. The molecule has 0 aliphatic carbocycles. The Morgan fingerprint density at radius 3 is 1.26 bits per heavy atom. The smallest absolute Gasteiger partial charge is 0.317 e. The molecule has 0 spiro atoms. The van der Waals surface area contributed by atoms with Crippen molar-refractivity contribution in [3.05, 3.63) is 0 Å². The topological polar surface area (TPSA) is 237 Å². The number of carboxylic acids is 3. The highest BCUT2D eigenvalue weighted by Gasteiger charge is 2.27. The van der Waals surface area contributed by atoms with Crippen LogP contribution in [0.1, 0.15) is 0 Å². The molecule has 2 amide bonds. The molecule has 1 fully saturated rings. The van der Waals surface area contributed by atoms with E-state index in [1.54, 1.807) is 19.6 Å². The molecule has 1 saturated heterocycles. The van der Waals surface area contributed by atoms with Crippen molar-refractivity contribution in [3.8, 4) is 0 Å². The third-order valence-corrected chi connectivity index (χ3v) is 6.40. The van der Waals surface area contributed by atoms with Crippen molar-refractivity contribution < 1.29 is 52.3 Å². The first-order valence-corrected chi connectivity index (χ1v) is 13.3. The number of rotatable bonds is 12. The van der Waals surface area contributed by atoms with Crippen LogP contribution in [0.4, 0.5) is 0 Å². The molecule has 218 valence electrons. The second-order valence-corrected chi connectivity index (χ2v) is 10.3. The van der Waals surface area contributed by atoms with Gasteiger partial charge in [0.2, 0.25) is 11.8 Å². The van der Waals surface area contributed by atoms with Crippen molar-refractivity contribution in [3.63, 3.8) is 0 Å². The Labute approximate surface area is 220 Å². The summed E-state index contributed by atoms with van der Waals surface area (Å²) in [5, 5.41) is 32.2. The molecule has 1 rings (SSSR count). The van der Waals surface area contributed by atoms with Gasteiger partial charge in [-0.3, -0.25) is 48.1 Å². The van der Waals surface area contributed by atoms with E-state index < -0.39 is 51.6 Å². The number of aliphatic carboxylic acids is 3. The Morgan fingerprint density at radius 2 is 1.00 bits per heavy atom. The largest absolute Gasteiger partial charge is 0.480 e. The van der Waals surface area contributed by atoms with Crippen molar-refractivity contribution in [1.29, 1.82) is 0 Å². The lowest BCUT2D eigenvalue weighted by Crippen LogP contribution is -2.53. The number of likely N-dealkylation sites (N-methyl/N-ethyl adjacent to an activating group) is 1. The van der Waals surface area contributed by atoms with Gasteiger partial charge in [-0.15, -0.1) is 0 Å². The number of nitrogens with one attached hydrogen (secondary N) is 2. The van der Waals surface area contributed by atoms with E-state index in [0.29, 0.717) is 0 Å². The lowest BCUT2D eigenvalue weighted by atomic mass is 10.3. The van der Waals surface area contributed by atoms with Gasteiger partial charge in [-0.2, -0.15) is 8.42 Å². The van der Waals surface area contributed by atoms with E-state index in [1.165, 1.54) is 7.05 Å². The van der Waals surface area contributed by atoms with Crippen LogP contribution in [0.3, 0.4) is 0 Å². The van der Waals surface area contributed by atoms with E-state index in [2.05, 4.69) is 10.6 Å². The number of hydrogen-bond acceptors (Lipinski definition) is 11. The third-order valence-electron chi connectivity index (χ3n) is 5.65. The molecule has 1 atom stereocenters. The zero-order valence-corrected chi connectivity index (χ0v) is 21.9. The molecule has 0 radical (unpaired) electrons. The van der Waals surface area contributed by atoms with Crippen LogP contribution in [0.25, 0.3) is 0 Å². The second kappa shape index (κ2) is 16.1. The number of carbonyl (C=O) groups excluding carboxylic acids is 2. The van der Waals surface area contributed by atoms with Gasteiger partial charge in [-0.05, 0) is 0 Å². The molecule has 6 N–H and O–H groups in total. The minimum absolute atomic E-state index is 0.156. The van der Waals surface area contributed by atoms with Gasteiger partial charge in [-0.1, -0.05) is 0 Å². The predicted octanol–water partition coefficient (Wildman–Crippen LogP) is -4.42. The summed E-state index contributed by atoms with van der Waals surface area (Å²) in [6.07, 6.45) is 0. The number of nitrogens with zero attached hydrogens (tertiary/aromatic N) is 4. The predicted molar refractivity (Wildman–Crippen MR) is 131 cm³/mol. The molecule has 17 nitrogen and oxygen atoms in total. The van der Waals surface area contributed by atoms with E-state index in [-0.39, 0.29) is 78.5 Å². The Bertz CT molecular complexity index is 916. The summed E-state index contributed by atoms with van der Waals surface area (Å²) >= 11 is 0. The Balaban J connectivity index is 3.05. The normalized spacial score (nSPS) is 18.5. The van der Waals surface area contributed by atoms with Crippen molar-refractivity contribution in [1.82, 2.24) is 30.2 Å².